The molecule has 2 rings (SSSR count). The minimum atomic E-state index is -0.560. The lowest BCUT2D eigenvalue weighted by atomic mass is 10.1. The molecule has 0 aliphatic rings. The lowest BCUT2D eigenvalue weighted by Gasteiger charge is -2.04. The summed E-state index contributed by atoms with van der Waals surface area (Å²) in [6, 6.07) is 7.60. The van der Waals surface area contributed by atoms with Crippen LogP contribution in [0.5, 0.6) is 0 Å². The van der Waals surface area contributed by atoms with E-state index in [1.807, 2.05) is 24.3 Å². The van der Waals surface area contributed by atoms with Crippen molar-refractivity contribution in [2.75, 3.05) is 7.11 Å². The predicted octanol–water partition coefficient (Wildman–Crippen LogP) is 1.84. The molecule has 94 valence electrons. The molecule has 0 amide bonds. The monoisotopic (exact) mass is 310 g/mol. The molecule has 0 radical (unpaired) electrons. The highest BCUT2D eigenvalue weighted by Gasteiger charge is 2.16. The Kier molecular flexibility index (Phi) is 3.66. The summed E-state index contributed by atoms with van der Waals surface area (Å²) in [5.74, 6) is -0.560. The van der Waals surface area contributed by atoms with Crippen molar-refractivity contribution < 1.29 is 9.53 Å². The Morgan fingerprint density at radius 3 is 2.72 bits per heavy atom. The van der Waals surface area contributed by atoms with Crippen LogP contribution < -0.4 is 5.69 Å². The van der Waals surface area contributed by atoms with Crippen LogP contribution in [0.3, 0.4) is 0 Å². The van der Waals surface area contributed by atoms with Gasteiger partial charge in [0.2, 0.25) is 0 Å². The normalized spacial score (nSPS) is 10.3. The van der Waals surface area contributed by atoms with Crippen molar-refractivity contribution in [3.8, 4) is 0 Å². The van der Waals surface area contributed by atoms with E-state index < -0.39 is 11.7 Å². The number of carbonyl (C=O) groups excluding carboxylic acids is 1. The SMILES string of the molecule is COC(=O)c1[nH]c(=O)[nH]c1Cc1ccccc1Br. The molecule has 0 spiro atoms. The van der Waals surface area contributed by atoms with Crippen LogP contribution in [-0.2, 0) is 11.2 Å². The van der Waals surface area contributed by atoms with E-state index in [1.54, 1.807) is 0 Å². The van der Waals surface area contributed by atoms with Gasteiger partial charge in [-0.05, 0) is 11.6 Å². The fraction of sp³-hybridized carbons (Fsp3) is 0.167. The van der Waals surface area contributed by atoms with E-state index >= 15 is 0 Å². The second-order valence-electron chi connectivity index (χ2n) is 3.69. The number of hydrogen-bond acceptors (Lipinski definition) is 3. The molecule has 2 N–H and O–H groups in total. The lowest BCUT2D eigenvalue weighted by molar-refractivity contribution is 0.0593. The molecule has 6 heteroatoms. The summed E-state index contributed by atoms with van der Waals surface area (Å²) in [6.07, 6.45) is 0.435. The third-order valence-electron chi connectivity index (χ3n) is 2.52. The van der Waals surface area contributed by atoms with E-state index in [-0.39, 0.29) is 5.69 Å². The molecule has 0 fully saturated rings. The minimum absolute atomic E-state index is 0.165. The Morgan fingerprint density at radius 2 is 2.06 bits per heavy atom. The number of aromatic amines is 2. The number of halogens is 1. The molecule has 2 aromatic rings. The van der Waals surface area contributed by atoms with Crippen LogP contribution in [-0.4, -0.2) is 23.0 Å². The number of benzene rings is 1. The molecule has 0 atom stereocenters. The number of aromatic nitrogens is 2. The highest BCUT2D eigenvalue weighted by atomic mass is 79.9. The van der Waals surface area contributed by atoms with Crippen molar-refractivity contribution in [3.63, 3.8) is 0 Å². The van der Waals surface area contributed by atoms with Crippen LogP contribution in [0.1, 0.15) is 21.7 Å². The summed E-state index contributed by atoms with van der Waals surface area (Å²) in [5.41, 5.74) is 1.23. The Bertz CT molecular complexity index is 630. The Hall–Kier alpha value is -1.82. The van der Waals surface area contributed by atoms with Crippen molar-refractivity contribution in [1.29, 1.82) is 0 Å². The molecule has 18 heavy (non-hydrogen) atoms. The maximum absolute atomic E-state index is 11.5. The maximum Gasteiger partial charge on any atom is 0.356 e. The Morgan fingerprint density at radius 1 is 1.33 bits per heavy atom. The smallest absolute Gasteiger partial charge is 0.356 e. The standard InChI is InChI=1S/C12H11BrN2O3/c1-18-11(16)10-9(14-12(17)15-10)6-7-4-2-3-5-8(7)13/h2-5H,6H2,1H3,(H2,14,15,17). The van der Waals surface area contributed by atoms with Gasteiger partial charge < -0.3 is 9.72 Å². The second kappa shape index (κ2) is 5.22. The average molecular weight is 311 g/mol. The van der Waals surface area contributed by atoms with Gasteiger partial charge in [0.05, 0.1) is 12.8 Å². The highest BCUT2D eigenvalue weighted by Crippen LogP contribution is 2.19. The summed E-state index contributed by atoms with van der Waals surface area (Å²) in [7, 11) is 1.27. The molecule has 0 aliphatic carbocycles. The number of rotatable bonds is 3. The summed E-state index contributed by atoms with van der Waals surface area (Å²) >= 11 is 3.42. The number of hydrogen-bond donors (Lipinski definition) is 2. The van der Waals surface area contributed by atoms with E-state index in [9.17, 15) is 9.59 Å². The first-order chi connectivity index (χ1) is 8.61. The zero-order valence-electron chi connectivity index (χ0n) is 9.62. The van der Waals surface area contributed by atoms with Crippen LogP contribution >= 0.6 is 15.9 Å². The third-order valence-corrected chi connectivity index (χ3v) is 3.29. The average Bonchev–Trinajstić information content (AvgIpc) is 2.72. The molecule has 0 bridgehead atoms. The first-order valence-corrected chi connectivity index (χ1v) is 6.04. The van der Waals surface area contributed by atoms with Gasteiger partial charge in [0.15, 0.2) is 0 Å². The van der Waals surface area contributed by atoms with Crippen LogP contribution in [0.25, 0.3) is 0 Å². The first-order valence-electron chi connectivity index (χ1n) is 5.24. The van der Waals surface area contributed by atoms with Crippen LogP contribution in [0, 0.1) is 0 Å². The number of ether oxygens (including phenoxy) is 1. The molecule has 0 unspecified atom stereocenters. The first kappa shape index (κ1) is 12.6. The molecule has 0 saturated heterocycles. The summed E-state index contributed by atoms with van der Waals surface area (Å²) in [4.78, 5) is 27.8. The second-order valence-corrected chi connectivity index (χ2v) is 4.55. The Balaban J connectivity index is 2.38. The van der Waals surface area contributed by atoms with Crippen LogP contribution in [0.2, 0.25) is 0 Å². The van der Waals surface area contributed by atoms with Crippen molar-refractivity contribution >= 4 is 21.9 Å². The van der Waals surface area contributed by atoms with Gasteiger partial charge in [-0.3, -0.25) is 4.98 Å². The zero-order valence-corrected chi connectivity index (χ0v) is 11.2. The van der Waals surface area contributed by atoms with Crippen molar-refractivity contribution in [2.45, 2.75) is 6.42 Å². The summed E-state index contributed by atoms with van der Waals surface area (Å²) in [6.45, 7) is 0. The maximum atomic E-state index is 11.5. The Labute approximate surface area is 111 Å². The van der Waals surface area contributed by atoms with E-state index in [4.69, 9.17) is 0 Å². The van der Waals surface area contributed by atoms with E-state index in [2.05, 4.69) is 30.6 Å². The fourth-order valence-corrected chi connectivity index (χ4v) is 2.09. The molecular formula is C12H11BrN2O3. The largest absolute Gasteiger partial charge is 0.464 e. The van der Waals surface area contributed by atoms with E-state index in [1.165, 1.54) is 7.11 Å². The van der Waals surface area contributed by atoms with Crippen molar-refractivity contribution in [3.05, 3.63) is 56.2 Å². The molecule has 0 saturated carbocycles. The number of H-pyrrole nitrogens is 2. The number of esters is 1. The minimum Gasteiger partial charge on any atom is -0.464 e. The van der Waals surface area contributed by atoms with Gasteiger partial charge in [-0.15, -0.1) is 0 Å². The van der Waals surface area contributed by atoms with Gasteiger partial charge in [0.25, 0.3) is 0 Å². The molecular weight excluding hydrogens is 300 g/mol. The van der Waals surface area contributed by atoms with E-state index in [0.29, 0.717) is 12.1 Å². The van der Waals surface area contributed by atoms with Gasteiger partial charge >= 0.3 is 11.7 Å². The molecule has 5 nitrogen and oxygen atoms in total. The van der Waals surface area contributed by atoms with Gasteiger partial charge in [-0.2, -0.15) is 0 Å². The molecule has 1 aromatic heterocycles. The van der Waals surface area contributed by atoms with Gasteiger partial charge in [-0.25, -0.2) is 9.59 Å². The number of imidazole rings is 1. The van der Waals surface area contributed by atoms with Gasteiger partial charge in [0, 0.05) is 10.9 Å². The van der Waals surface area contributed by atoms with E-state index in [0.717, 1.165) is 10.0 Å². The van der Waals surface area contributed by atoms with Gasteiger partial charge in [-0.1, -0.05) is 34.1 Å². The highest BCUT2D eigenvalue weighted by molar-refractivity contribution is 9.10. The molecule has 1 aromatic carbocycles. The van der Waals surface area contributed by atoms with Crippen LogP contribution in [0.4, 0.5) is 0 Å². The zero-order chi connectivity index (χ0) is 13.1. The lowest BCUT2D eigenvalue weighted by Crippen LogP contribution is -2.07. The van der Waals surface area contributed by atoms with Crippen molar-refractivity contribution in [1.82, 2.24) is 9.97 Å². The number of methoxy groups -OCH3 is 1. The summed E-state index contributed by atoms with van der Waals surface area (Å²) in [5, 5.41) is 0. The van der Waals surface area contributed by atoms with Crippen molar-refractivity contribution in [2.24, 2.45) is 0 Å². The fourth-order valence-electron chi connectivity index (χ4n) is 1.66. The third kappa shape index (κ3) is 2.53. The summed E-state index contributed by atoms with van der Waals surface area (Å²) < 4.78 is 5.54. The number of carbonyl (C=O) groups is 1. The van der Waals surface area contributed by atoms with Gasteiger partial charge in [0.1, 0.15) is 5.69 Å². The number of nitrogens with one attached hydrogen (secondary N) is 2. The predicted molar refractivity (Wildman–Crippen MR) is 69.7 cm³/mol. The molecule has 0 aliphatic heterocycles. The molecule has 1 heterocycles. The topological polar surface area (TPSA) is 75.0 Å². The van der Waals surface area contributed by atoms with Crippen LogP contribution in [0.15, 0.2) is 33.5 Å². The quantitative estimate of drug-likeness (QED) is 0.849.